The van der Waals surface area contributed by atoms with Crippen LogP contribution >= 0.6 is 0 Å². The highest BCUT2D eigenvalue weighted by Crippen LogP contribution is 2.19. The summed E-state index contributed by atoms with van der Waals surface area (Å²) in [6.45, 7) is 0. The number of nitrogens with two attached hydrogens (primary N) is 1. The summed E-state index contributed by atoms with van der Waals surface area (Å²) >= 11 is 0. The molecule has 0 aliphatic rings. The molecule has 1 rings (SSSR count). The molecule has 0 fully saturated rings. The van der Waals surface area contributed by atoms with Gasteiger partial charge in [-0.2, -0.15) is 0 Å². The highest BCUT2D eigenvalue weighted by atomic mass is 32.2. The molecule has 1 aromatic rings. The van der Waals surface area contributed by atoms with Crippen molar-refractivity contribution in [1.29, 1.82) is 0 Å². The molecule has 3 N–H and O–H groups in total. The Balaban J connectivity index is 3.13. The van der Waals surface area contributed by atoms with E-state index in [-0.39, 0.29) is 10.6 Å². The predicted octanol–water partition coefficient (Wildman–Crippen LogP) is 0.512. The number of benzene rings is 1. The van der Waals surface area contributed by atoms with E-state index in [1.54, 1.807) is 6.07 Å². The summed E-state index contributed by atoms with van der Waals surface area (Å²) in [6.07, 6.45) is -0.758. The van der Waals surface area contributed by atoms with E-state index in [2.05, 4.69) is 10.1 Å². The van der Waals surface area contributed by atoms with E-state index >= 15 is 0 Å². The van der Waals surface area contributed by atoms with Crippen molar-refractivity contribution in [1.82, 2.24) is 0 Å². The molecule has 0 bridgehead atoms. The Hall–Kier alpha value is -1.60. The SMILES string of the molecule is COC(=O)Nc1ccccc1S(N)(=O)=O. The molecule has 0 unspecified atom stereocenters. The molecule has 0 saturated carbocycles. The average Bonchev–Trinajstić information content (AvgIpc) is 2.17. The van der Waals surface area contributed by atoms with Crippen LogP contribution in [0.4, 0.5) is 10.5 Å². The lowest BCUT2D eigenvalue weighted by Crippen LogP contribution is -2.18. The molecule has 15 heavy (non-hydrogen) atoms. The fraction of sp³-hybridized carbons (Fsp3) is 0.125. The van der Waals surface area contributed by atoms with Gasteiger partial charge in [0.15, 0.2) is 0 Å². The summed E-state index contributed by atoms with van der Waals surface area (Å²) in [4.78, 5) is 10.7. The first-order valence-corrected chi connectivity index (χ1v) is 5.46. The van der Waals surface area contributed by atoms with E-state index in [1.807, 2.05) is 0 Å². The smallest absolute Gasteiger partial charge is 0.411 e. The Morgan fingerprint density at radius 1 is 1.40 bits per heavy atom. The maximum Gasteiger partial charge on any atom is 0.411 e. The Bertz CT molecular complexity index is 469. The number of amides is 1. The largest absolute Gasteiger partial charge is 0.453 e. The molecule has 0 aromatic heterocycles. The van der Waals surface area contributed by atoms with Crippen molar-refractivity contribution in [2.45, 2.75) is 4.90 Å². The fourth-order valence-electron chi connectivity index (χ4n) is 0.979. The molecule has 1 amide bonds. The molecule has 0 aliphatic heterocycles. The number of hydrogen-bond donors (Lipinski definition) is 2. The number of ether oxygens (including phenoxy) is 1. The average molecular weight is 230 g/mol. The third kappa shape index (κ3) is 2.93. The zero-order valence-corrected chi connectivity index (χ0v) is 8.74. The van der Waals surface area contributed by atoms with Crippen LogP contribution in [0.3, 0.4) is 0 Å². The van der Waals surface area contributed by atoms with Gasteiger partial charge in [-0.05, 0) is 12.1 Å². The van der Waals surface area contributed by atoms with Crippen molar-refractivity contribution in [3.63, 3.8) is 0 Å². The third-order valence-corrected chi connectivity index (χ3v) is 2.58. The van der Waals surface area contributed by atoms with Gasteiger partial charge < -0.3 is 4.74 Å². The first kappa shape index (κ1) is 11.5. The molecule has 0 atom stereocenters. The minimum Gasteiger partial charge on any atom is -0.453 e. The topological polar surface area (TPSA) is 98.5 Å². The van der Waals surface area contributed by atoms with Gasteiger partial charge in [0, 0.05) is 0 Å². The van der Waals surface area contributed by atoms with Crippen LogP contribution in [-0.4, -0.2) is 21.6 Å². The van der Waals surface area contributed by atoms with Crippen molar-refractivity contribution in [2.75, 3.05) is 12.4 Å². The van der Waals surface area contributed by atoms with Gasteiger partial charge in [0.2, 0.25) is 10.0 Å². The van der Waals surface area contributed by atoms with Gasteiger partial charge in [-0.3, -0.25) is 5.32 Å². The third-order valence-electron chi connectivity index (χ3n) is 1.62. The summed E-state index contributed by atoms with van der Waals surface area (Å²) in [5.74, 6) is 0. The number of nitrogens with one attached hydrogen (secondary N) is 1. The number of para-hydroxylation sites is 1. The summed E-state index contributed by atoms with van der Waals surface area (Å²) in [5.41, 5.74) is 0.0897. The lowest BCUT2D eigenvalue weighted by Gasteiger charge is -2.07. The molecular weight excluding hydrogens is 220 g/mol. The first-order valence-electron chi connectivity index (χ1n) is 3.92. The number of hydrogen-bond acceptors (Lipinski definition) is 4. The minimum atomic E-state index is -3.86. The van der Waals surface area contributed by atoms with E-state index in [0.717, 1.165) is 0 Å². The van der Waals surface area contributed by atoms with Gasteiger partial charge in [-0.1, -0.05) is 12.1 Å². The molecule has 0 saturated heterocycles. The Morgan fingerprint density at radius 3 is 2.53 bits per heavy atom. The number of sulfonamides is 1. The van der Waals surface area contributed by atoms with Crippen LogP contribution in [0.25, 0.3) is 0 Å². The molecule has 1 aromatic carbocycles. The molecule has 7 heteroatoms. The Morgan fingerprint density at radius 2 is 2.00 bits per heavy atom. The number of rotatable bonds is 2. The summed E-state index contributed by atoms with van der Waals surface area (Å²) < 4.78 is 26.6. The van der Waals surface area contributed by atoms with E-state index in [4.69, 9.17) is 5.14 Å². The van der Waals surface area contributed by atoms with Crippen LogP contribution in [0.15, 0.2) is 29.2 Å². The van der Waals surface area contributed by atoms with Gasteiger partial charge >= 0.3 is 6.09 Å². The second-order valence-electron chi connectivity index (χ2n) is 2.66. The highest BCUT2D eigenvalue weighted by Gasteiger charge is 2.14. The number of anilines is 1. The summed E-state index contributed by atoms with van der Waals surface area (Å²) in [6, 6.07) is 5.78. The highest BCUT2D eigenvalue weighted by molar-refractivity contribution is 7.89. The first-order chi connectivity index (χ1) is 6.95. The van der Waals surface area contributed by atoms with Gasteiger partial charge in [-0.25, -0.2) is 18.4 Å². The fourth-order valence-corrected chi connectivity index (χ4v) is 1.67. The second-order valence-corrected chi connectivity index (χ2v) is 4.19. The van der Waals surface area contributed by atoms with E-state index < -0.39 is 16.1 Å². The molecular formula is C8H10N2O4S. The van der Waals surface area contributed by atoms with Crippen LogP contribution in [0, 0.1) is 0 Å². The maximum atomic E-state index is 11.1. The molecule has 0 radical (unpaired) electrons. The van der Waals surface area contributed by atoms with Crippen molar-refractivity contribution < 1.29 is 17.9 Å². The lowest BCUT2D eigenvalue weighted by atomic mass is 10.3. The van der Waals surface area contributed by atoms with E-state index in [1.165, 1.54) is 25.3 Å². The van der Waals surface area contributed by atoms with E-state index in [9.17, 15) is 13.2 Å². The molecule has 82 valence electrons. The van der Waals surface area contributed by atoms with Crippen LogP contribution in [0.5, 0.6) is 0 Å². The monoisotopic (exact) mass is 230 g/mol. The zero-order chi connectivity index (χ0) is 11.5. The second kappa shape index (κ2) is 4.28. The number of primary sulfonamides is 1. The van der Waals surface area contributed by atoms with Crippen molar-refractivity contribution in [3.8, 4) is 0 Å². The normalized spacial score (nSPS) is 10.8. The van der Waals surface area contributed by atoms with E-state index in [0.29, 0.717) is 0 Å². The van der Waals surface area contributed by atoms with Gasteiger partial charge in [0.05, 0.1) is 12.8 Å². The summed E-state index contributed by atoms with van der Waals surface area (Å²) in [7, 11) is -2.68. The Kier molecular flexibility index (Phi) is 3.28. The van der Waals surface area contributed by atoms with Crippen LogP contribution < -0.4 is 10.5 Å². The van der Waals surface area contributed by atoms with Crippen LogP contribution in [0.1, 0.15) is 0 Å². The maximum absolute atomic E-state index is 11.1. The molecule has 6 nitrogen and oxygen atoms in total. The molecule has 0 spiro atoms. The van der Waals surface area contributed by atoms with Gasteiger partial charge in [0.1, 0.15) is 4.90 Å². The van der Waals surface area contributed by atoms with Crippen LogP contribution in [-0.2, 0) is 14.8 Å². The van der Waals surface area contributed by atoms with Crippen LogP contribution in [0.2, 0.25) is 0 Å². The Labute approximate surface area is 87.1 Å². The lowest BCUT2D eigenvalue weighted by molar-refractivity contribution is 0.187. The van der Waals surface area contributed by atoms with Crippen molar-refractivity contribution in [3.05, 3.63) is 24.3 Å². The van der Waals surface area contributed by atoms with Gasteiger partial charge in [0.25, 0.3) is 0 Å². The zero-order valence-electron chi connectivity index (χ0n) is 7.93. The predicted molar refractivity (Wildman–Crippen MR) is 53.8 cm³/mol. The molecule has 0 heterocycles. The number of carbonyl (C=O) groups is 1. The number of carbonyl (C=O) groups excluding carboxylic acids is 1. The molecule has 0 aliphatic carbocycles. The number of methoxy groups -OCH3 is 1. The van der Waals surface area contributed by atoms with Crippen molar-refractivity contribution >= 4 is 21.8 Å². The minimum absolute atomic E-state index is 0.0897. The quantitative estimate of drug-likeness (QED) is 0.773. The van der Waals surface area contributed by atoms with Gasteiger partial charge in [-0.15, -0.1) is 0 Å². The van der Waals surface area contributed by atoms with Crippen molar-refractivity contribution in [2.24, 2.45) is 5.14 Å². The standard InChI is InChI=1S/C8H10N2O4S/c1-14-8(11)10-6-4-2-3-5-7(6)15(9,12)13/h2-5H,1H3,(H,10,11)(H2,9,12,13). The summed E-state index contributed by atoms with van der Waals surface area (Å²) in [5, 5.41) is 7.20.